The second-order valence-electron chi connectivity index (χ2n) is 5.27. The number of carbonyl (C=O) groups is 1. The van der Waals surface area contributed by atoms with Crippen molar-refractivity contribution in [2.45, 2.75) is 25.9 Å². The number of hydrogen-bond donors (Lipinski definition) is 3. The van der Waals surface area contributed by atoms with E-state index in [0.29, 0.717) is 17.1 Å². The molecule has 0 fully saturated rings. The number of aryl methyl sites for hydroxylation is 1. The fourth-order valence-corrected chi connectivity index (χ4v) is 1.98. The quantitative estimate of drug-likeness (QED) is 0.784. The zero-order valence-electron chi connectivity index (χ0n) is 12.1. The van der Waals surface area contributed by atoms with Gasteiger partial charge < -0.3 is 19.9 Å². The molecule has 1 heterocycles. The number of para-hydroxylation sites is 1. The minimum atomic E-state index is -1.28. The van der Waals surface area contributed by atoms with Crippen LogP contribution in [0.5, 0.6) is 5.75 Å². The van der Waals surface area contributed by atoms with Crippen molar-refractivity contribution in [1.82, 2.24) is 5.32 Å². The van der Waals surface area contributed by atoms with Gasteiger partial charge in [-0.2, -0.15) is 0 Å². The van der Waals surface area contributed by atoms with Crippen molar-refractivity contribution in [3.63, 3.8) is 0 Å². The highest BCUT2D eigenvalue weighted by Gasteiger charge is 2.27. The molecular weight excluding hydrogens is 270 g/mol. The Balaban J connectivity index is 1.93. The predicted molar refractivity (Wildman–Crippen MR) is 77.8 cm³/mol. The second kappa shape index (κ2) is 6.01. The summed E-state index contributed by atoms with van der Waals surface area (Å²) in [4.78, 5) is 11.9. The first-order valence-electron chi connectivity index (χ1n) is 6.71. The fraction of sp³-hybridized carbons (Fsp3) is 0.312. The van der Waals surface area contributed by atoms with Crippen LogP contribution in [0.25, 0.3) is 0 Å². The van der Waals surface area contributed by atoms with E-state index >= 15 is 0 Å². The molecule has 0 bridgehead atoms. The molecule has 1 unspecified atom stereocenters. The molecule has 112 valence electrons. The van der Waals surface area contributed by atoms with Crippen LogP contribution < -0.4 is 5.32 Å². The lowest BCUT2D eigenvalue weighted by molar-refractivity contribution is -0.121. The van der Waals surface area contributed by atoms with Gasteiger partial charge in [0.15, 0.2) is 0 Å². The van der Waals surface area contributed by atoms with Crippen LogP contribution in [-0.2, 0) is 16.8 Å². The third kappa shape index (κ3) is 3.86. The van der Waals surface area contributed by atoms with E-state index in [2.05, 4.69) is 5.32 Å². The lowest BCUT2D eigenvalue weighted by Gasteiger charge is -2.21. The molecule has 0 aliphatic rings. The molecule has 0 spiro atoms. The molecule has 0 saturated carbocycles. The third-order valence-corrected chi connectivity index (χ3v) is 3.24. The van der Waals surface area contributed by atoms with Crippen LogP contribution in [-0.4, -0.2) is 22.7 Å². The zero-order valence-corrected chi connectivity index (χ0v) is 12.1. The van der Waals surface area contributed by atoms with Gasteiger partial charge in [0.05, 0.1) is 13.0 Å². The topological polar surface area (TPSA) is 82.7 Å². The summed E-state index contributed by atoms with van der Waals surface area (Å²) >= 11 is 0. The van der Waals surface area contributed by atoms with Gasteiger partial charge in [-0.15, -0.1) is 0 Å². The number of aliphatic hydroxyl groups is 1. The van der Waals surface area contributed by atoms with Crippen LogP contribution in [0.1, 0.15) is 24.0 Å². The standard InChI is InChI=1S/C16H19NO4/c1-11-7-8-14(21-11)16(2,20)10-17-15(19)9-12-5-3-4-6-13(12)18/h3-8,18,20H,9-10H2,1-2H3,(H,17,19). The number of rotatable bonds is 5. The Morgan fingerprint density at radius 3 is 2.62 bits per heavy atom. The van der Waals surface area contributed by atoms with Crippen molar-refractivity contribution in [3.05, 3.63) is 53.5 Å². The number of phenols is 1. The molecular formula is C16H19NO4. The number of furan rings is 1. The molecule has 1 amide bonds. The number of amides is 1. The first kappa shape index (κ1) is 15.1. The van der Waals surface area contributed by atoms with Gasteiger partial charge in [0.25, 0.3) is 0 Å². The molecule has 2 aromatic rings. The Labute approximate surface area is 123 Å². The fourth-order valence-electron chi connectivity index (χ4n) is 1.98. The number of hydrogen-bond acceptors (Lipinski definition) is 4. The van der Waals surface area contributed by atoms with Gasteiger partial charge in [-0.25, -0.2) is 0 Å². The van der Waals surface area contributed by atoms with E-state index in [4.69, 9.17) is 4.42 Å². The maximum atomic E-state index is 11.9. The summed E-state index contributed by atoms with van der Waals surface area (Å²) in [6.07, 6.45) is 0.0555. The lowest BCUT2D eigenvalue weighted by Crippen LogP contribution is -2.39. The zero-order chi connectivity index (χ0) is 15.5. The summed E-state index contributed by atoms with van der Waals surface area (Å²) in [6, 6.07) is 10.1. The minimum absolute atomic E-state index is 0.0341. The molecule has 1 aromatic heterocycles. The van der Waals surface area contributed by atoms with Crippen molar-refractivity contribution >= 4 is 5.91 Å². The minimum Gasteiger partial charge on any atom is -0.508 e. The summed E-state index contributed by atoms with van der Waals surface area (Å²) in [6.45, 7) is 3.40. The van der Waals surface area contributed by atoms with E-state index in [1.807, 2.05) is 0 Å². The number of benzene rings is 1. The van der Waals surface area contributed by atoms with Gasteiger partial charge in [0, 0.05) is 5.56 Å². The van der Waals surface area contributed by atoms with Crippen LogP contribution in [0.2, 0.25) is 0 Å². The monoisotopic (exact) mass is 289 g/mol. The first-order valence-corrected chi connectivity index (χ1v) is 6.71. The van der Waals surface area contributed by atoms with Crippen molar-refractivity contribution in [3.8, 4) is 5.75 Å². The lowest BCUT2D eigenvalue weighted by atomic mass is 10.0. The molecule has 0 aliphatic carbocycles. The van der Waals surface area contributed by atoms with Crippen LogP contribution in [0.4, 0.5) is 0 Å². The van der Waals surface area contributed by atoms with E-state index in [-0.39, 0.29) is 24.6 Å². The van der Waals surface area contributed by atoms with Crippen LogP contribution in [0.15, 0.2) is 40.8 Å². The van der Waals surface area contributed by atoms with Crippen molar-refractivity contribution in [2.24, 2.45) is 0 Å². The summed E-state index contributed by atoms with van der Waals surface area (Å²) < 4.78 is 5.38. The molecule has 5 nitrogen and oxygen atoms in total. The summed E-state index contributed by atoms with van der Waals surface area (Å²) in [5.74, 6) is 0.912. The summed E-state index contributed by atoms with van der Waals surface area (Å²) in [5.41, 5.74) is -0.730. The molecule has 21 heavy (non-hydrogen) atoms. The first-order chi connectivity index (χ1) is 9.88. The Kier molecular flexibility index (Phi) is 4.33. The number of nitrogens with one attached hydrogen (secondary N) is 1. The van der Waals surface area contributed by atoms with Gasteiger partial charge in [0.1, 0.15) is 22.9 Å². The van der Waals surface area contributed by atoms with Crippen LogP contribution in [0.3, 0.4) is 0 Å². The number of carbonyl (C=O) groups excluding carboxylic acids is 1. The average molecular weight is 289 g/mol. The Hall–Kier alpha value is -2.27. The largest absolute Gasteiger partial charge is 0.508 e. The predicted octanol–water partition coefficient (Wildman–Crippen LogP) is 1.86. The van der Waals surface area contributed by atoms with Gasteiger partial charge in [-0.05, 0) is 32.0 Å². The number of aromatic hydroxyl groups is 1. The SMILES string of the molecule is Cc1ccc(C(C)(O)CNC(=O)Cc2ccccc2O)o1. The molecule has 5 heteroatoms. The van der Waals surface area contributed by atoms with Gasteiger partial charge in [-0.1, -0.05) is 18.2 Å². The smallest absolute Gasteiger partial charge is 0.224 e. The molecule has 0 radical (unpaired) electrons. The highest BCUT2D eigenvalue weighted by atomic mass is 16.4. The van der Waals surface area contributed by atoms with Crippen LogP contribution in [0, 0.1) is 6.92 Å². The van der Waals surface area contributed by atoms with Crippen molar-refractivity contribution in [2.75, 3.05) is 6.54 Å². The van der Waals surface area contributed by atoms with Crippen LogP contribution >= 0.6 is 0 Å². The Bertz CT molecular complexity index is 631. The van der Waals surface area contributed by atoms with Gasteiger partial charge >= 0.3 is 0 Å². The van der Waals surface area contributed by atoms with Gasteiger partial charge in [0.2, 0.25) is 5.91 Å². The molecule has 3 N–H and O–H groups in total. The van der Waals surface area contributed by atoms with E-state index in [0.717, 1.165) is 0 Å². The average Bonchev–Trinajstić information content (AvgIpc) is 2.87. The molecule has 0 aliphatic heterocycles. The molecule has 0 saturated heterocycles. The van der Waals surface area contributed by atoms with E-state index in [1.165, 1.54) is 6.07 Å². The van der Waals surface area contributed by atoms with Crippen molar-refractivity contribution in [1.29, 1.82) is 0 Å². The molecule has 2 rings (SSSR count). The maximum Gasteiger partial charge on any atom is 0.224 e. The number of phenolic OH excluding ortho intramolecular Hbond substituents is 1. The van der Waals surface area contributed by atoms with E-state index in [9.17, 15) is 15.0 Å². The highest BCUT2D eigenvalue weighted by Crippen LogP contribution is 2.22. The Morgan fingerprint density at radius 1 is 1.29 bits per heavy atom. The summed E-state index contributed by atoms with van der Waals surface area (Å²) in [5, 5.41) is 22.6. The van der Waals surface area contributed by atoms with Gasteiger partial charge in [-0.3, -0.25) is 4.79 Å². The molecule has 1 aromatic carbocycles. The maximum absolute atomic E-state index is 11.9. The highest BCUT2D eigenvalue weighted by molar-refractivity contribution is 5.79. The second-order valence-corrected chi connectivity index (χ2v) is 5.27. The van der Waals surface area contributed by atoms with E-state index in [1.54, 1.807) is 44.2 Å². The van der Waals surface area contributed by atoms with Crippen molar-refractivity contribution < 1.29 is 19.4 Å². The van der Waals surface area contributed by atoms with E-state index < -0.39 is 5.60 Å². The normalized spacial score (nSPS) is 13.7. The Morgan fingerprint density at radius 2 is 2.00 bits per heavy atom. The summed E-state index contributed by atoms with van der Waals surface area (Å²) in [7, 11) is 0. The molecule has 1 atom stereocenters. The third-order valence-electron chi connectivity index (χ3n) is 3.24.